The Morgan fingerprint density at radius 3 is 3.08 bits per heavy atom. The molecule has 1 amide bonds. The zero-order chi connectivity index (χ0) is 17.6. The molecule has 3 N–H and O–H groups in total. The summed E-state index contributed by atoms with van der Waals surface area (Å²) in [5.74, 6) is 0.590. The third-order valence-electron chi connectivity index (χ3n) is 4.23. The molecule has 25 heavy (non-hydrogen) atoms. The Labute approximate surface area is 147 Å². The summed E-state index contributed by atoms with van der Waals surface area (Å²) < 4.78 is 10.8. The van der Waals surface area contributed by atoms with Crippen molar-refractivity contribution in [2.75, 3.05) is 26.9 Å². The molecule has 1 aromatic heterocycles. The van der Waals surface area contributed by atoms with E-state index in [1.165, 1.54) is 0 Å². The summed E-state index contributed by atoms with van der Waals surface area (Å²) >= 11 is 0. The van der Waals surface area contributed by atoms with Crippen LogP contribution in [0.4, 0.5) is 0 Å². The van der Waals surface area contributed by atoms with Gasteiger partial charge in [-0.2, -0.15) is 5.10 Å². The molecule has 1 aromatic carbocycles. The monoisotopic (exact) mass is 344 g/mol. The van der Waals surface area contributed by atoms with Gasteiger partial charge in [-0.05, 0) is 18.6 Å². The Balaban J connectivity index is 1.66. The summed E-state index contributed by atoms with van der Waals surface area (Å²) in [6, 6.07) is 5.95. The molecule has 2 heterocycles. The van der Waals surface area contributed by atoms with E-state index in [0.717, 1.165) is 41.1 Å². The average Bonchev–Trinajstić information content (AvgIpc) is 3.05. The molecule has 3 rings (SSSR count). The number of aryl methyl sites for hydroxylation is 1. The summed E-state index contributed by atoms with van der Waals surface area (Å²) in [6.07, 6.45) is 0.866. The van der Waals surface area contributed by atoms with E-state index in [-0.39, 0.29) is 5.91 Å². The largest absolute Gasteiger partial charge is 0.491 e. The van der Waals surface area contributed by atoms with Gasteiger partial charge in [0.05, 0.1) is 6.61 Å². The number of aromatic amines is 1. The van der Waals surface area contributed by atoms with Gasteiger partial charge in [0.15, 0.2) is 5.69 Å². The molecule has 0 radical (unpaired) electrons. The number of fused-ring (bicyclic) bond motifs is 1. The van der Waals surface area contributed by atoms with Crippen molar-refractivity contribution >= 4 is 5.91 Å². The van der Waals surface area contributed by atoms with Crippen LogP contribution in [-0.4, -0.2) is 43.0 Å². The van der Waals surface area contributed by atoms with Crippen molar-refractivity contribution in [1.82, 2.24) is 20.8 Å². The minimum Gasteiger partial charge on any atom is -0.491 e. The molecular formula is C18H24N4O3. The summed E-state index contributed by atoms with van der Waals surface area (Å²) in [5.41, 5.74) is 4.51. The van der Waals surface area contributed by atoms with Gasteiger partial charge in [-0.3, -0.25) is 9.89 Å². The number of methoxy groups -OCH3 is 1. The molecule has 0 unspecified atom stereocenters. The number of hydrogen-bond acceptors (Lipinski definition) is 5. The number of benzene rings is 1. The van der Waals surface area contributed by atoms with Crippen molar-refractivity contribution in [2.45, 2.75) is 26.4 Å². The molecule has 2 aromatic rings. The van der Waals surface area contributed by atoms with E-state index in [2.05, 4.69) is 20.8 Å². The fourth-order valence-corrected chi connectivity index (χ4v) is 2.85. The smallest absolute Gasteiger partial charge is 0.272 e. The maximum absolute atomic E-state index is 12.5. The number of amides is 1. The number of H-pyrrole nitrogens is 1. The van der Waals surface area contributed by atoms with Crippen LogP contribution in [0, 0.1) is 6.92 Å². The highest BCUT2D eigenvalue weighted by atomic mass is 16.5. The molecule has 134 valence electrons. The molecule has 1 aliphatic rings. The standard InChI is InChI=1S/C18H24N4O3/c1-12-3-4-13(16(9-12)25-8-7-24-2)10-20-18(23)17-14-11-19-6-5-15(14)21-22-17/h3-4,9,19H,5-8,10-11H2,1-2H3,(H,20,23)(H,21,22). The van der Waals surface area contributed by atoms with E-state index in [0.29, 0.717) is 32.0 Å². The fourth-order valence-electron chi connectivity index (χ4n) is 2.85. The van der Waals surface area contributed by atoms with Crippen molar-refractivity contribution in [2.24, 2.45) is 0 Å². The lowest BCUT2D eigenvalue weighted by Crippen LogP contribution is -2.28. The zero-order valence-corrected chi connectivity index (χ0v) is 14.6. The van der Waals surface area contributed by atoms with Gasteiger partial charge >= 0.3 is 0 Å². The fraction of sp³-hybridized carbons (Fsp3) is 0.444. The van der Waals surface area contributed by atoms with E-state index in [1.54, 1.807) is 7.11 Å². The predicted molar refractivity (Wildman–Crippen MR) is 93.7 cm³/mol. The molecule has 1 aliphatic heterocycles. The lowest BCUT2D eigenvalue weighted by atomic mass is 10.1. The number of rotatable bonds is 7. The van der Waals surface area contributed by atoms with Crippen LogP contribution in [0.15, 0.2) is 18.2 Å². The molecule has 0 saturated heterocycles. The molecule has 0 saturated carbocycles. The van der Waals surface area contributed by atoms with Crippen molar-refractivity contribution < 1.29 is 14.3 Å². The first-order valence-electron chi connectivity index (χ1n) is 8.45. The summed E-state index contributed by atoms with van der Waals surface area (Å²) in [7, 11) is 1.64. The van der Waals surface area contributed by atoms with Crippen LogP contribution in [0.1, 0.15) is 32.9 Å². The first-order valence-corrected chi connectivity index (χ1v) is 8.45. The van der Waals surface area contributed by atoms with Crippen LogP contribution in [0.3, 0.4) is 0 Å². The van der Waals surface area contributed by atoms with Crippen molar-refractivity contribution in [1.29, 1.82) is 0 Å². The van der Waals surface area contributed by atoms with Crippen LogP contribution in [0.2, 0.25) is 0 Å². The van der Waals surface area contributed by atoms with E-state index in [4.69, 9.17) is 9.47 Å². The molecule has 0 fully saturated rings. The van der Waals surface area contributed by atoms with Gasteiger partial charge in [0.1, 0.15) is 12.4 Å². The third-order valence-corrected chi connectivity index (χ3v) is 4.23. The second-order valence-corrected chi connectivity index (χ2v) is 6.09. The van der Waals surface area contributed by atoms with Crippen LogP contribution >= 0.6 is 0 Å². The summed E-state index contributed by atoms with van der Waals surface area (Å²) in [5, 5.41) is 13.4. The second-order valence-electron chi connectivity index (χ2n) is 6.09. The van der Waals surface area contributed by atoms with Gasteiger partial charge < -0.3 is 20.1 Å². The lowest BCUT2D eigenvalue weighted by molar-refractivity contribution is 0.0944. The van der Waals surface area contributed by atoms with Crippen molar-refractivity contribution in [3.05, 3.63) is 46.3 Å². The van der Waals surface area contributed by atoms with Gasteiger partial charge in [-0.25, -0.2) is 0 Å². The highest BCUT2D eigenvalue weighted by Crippen LogP contribution is 2.21. The molecule has 0 bridgehead atoms. The van der Waals surface area contributed by atoms with E-state index < -0.39 is 0 Å². The Bertz CT molecular complexity index is 742. The van der Waals surface area contributed by atoms with Gasteiger partial charge in [0, 0.05) is 50.0 Å². The topological polar surface area (TPSA) is 88.3 Å². The molecule has 0 aliphatic carbocycles. The van der Waals surface area contributed by atoms with Crippen LogP contribution in [0.5, 0.6) is 5.75 Å². The second kappa shape index (κ2) is 8.13. The number of hydrogen-bond donors (Lipinski definition) is 3. The van der Waals surface area contributed by atoms with E-state index in [1.807, 2.05) is 25.1 Å². The lowest BCUT2D eigenvalue weighted by Gasteiger charge is -2.14. The SMILES string of the molecule is COCCOc1cc(C)ccc1CNC(=O)c1n[nH]c2c1CNCC2. The molecule has 0 spiro atoms. The Hall–Kier alpha value is -2.38. The average molecular weight is 344 g/mol. The first kappa shape index (κ1) is 17.4. The van der Waals surface area contributed by atoms with Crippen molar-refractivity contribution in [3.8, 4) is 5.75 Å². The molecular weight excluding hydrogens is 320 g/mol. The number of nitrogens with one attached hydrogen (secondary N) is 3. The Morgan fingerprint density at radius 2 is 2.24 bits per heavy atom. The maximum atomic E-state index is 12.5. The molecule has 7 nitrogen and oxygen atoms in total. The Morgan fingerprint density at radius 1 is 1.36 bits per heavy atom. The quantitative estimate of drug-likeness (QED) is 0.659. The number of ether oxygens (including phenoxy) is 2. The minimum absolute atomic E-state index is 0.176. The van der Waals surface area contributed by atoms with Gasteiger partial charge in [0.25, 0.3) is 5.91 Å². The Kier molecular flexibility index (Phi) is 5.67. The van der Waals surface area contributed by atoms with E-state index in [9.17, 15) is 4.79 Å². The highest BCUT2D eigenvalue weighted by molar-refractivity contribution is 5.94. The van der Waals surface area contributed by atoms with E-state index >= 15 is 0 Å². The van der Waals surface area contributed by atoms with Crippen LogP contribution in [-0.2, 0) is 24.2 Å². The highest BCUT2D eigenvalue weighted by Gasteiger charge is 2.21. The zero-order valence-electron chi connectivity index (χ0n) is 14.6. The number of aromatic nitrogens is 2. The number of carbonyl (C=O) groups is 1. The maximum Gasteiger partial charge on any atom is 0.272 e. The number of nitrogens with zero attached hydrogens (tertiary/aromatic N) is 1. The normalized spacial score (nSPS) is 13.4. The van der Waals surface area contributed by atoms with Crippen molar-refractivity contribution in [3.63, 3.8) is 0 Å². The number of carbonyl (C=O) groups excluding carboxylic acids is 1. The van der Waals surface area contributed by atoms with Crippen LogP contribution in [0.25, 0.3) is 0 Å². The minimum atomic E-state index is -0.176. The third kappa shape index (κ3) is 4.18. The summed E-state index contributed by atoms with van der Waals surface area (Å²) in [6.45, 7) is 4.96. The summed E-state index contributed by atoms with van der Waals surface area (Å²) in [4.78, 5) is 12.5. The molecule has 7 heteroatoms. The van der Waals surface area contributed by atoms with Gasteiger partial charge in [0.2, 0.25) is 0 Å². The predicted octanol–water partition coefficient (Wildman–Crippen LogP) is 1.32. The van der Waals surface area contributed by atoms with Crippen LogP contribution < -0.4 is 15.4 Å². The van der Waals surface area contributed by atoms with Gasteiger partial charge in [-0.15, -0.1) is 0 Å². The first-order chi connectivity index (χ1) is 12.2. The van der Waals surface area contributed by atoms with Gasteiger partial charge in [-0.1, -0.05) is 12.1 Å². The molecule has 0 atom stereocenters.